The molecule has 11 heteroatoms. The van der Waals surface area contributed by atoms with Gasteiger partial charge in [-0.25, -0.2) is 4.79 Å². The van der Waals surface area contributed by atoms with Gasteiger partial charge in [-0.05, 0) is 42.2 Å². The van der Waals surface area contributed by atoms with E-state index in [9.17, 15) is 27.2 Å². The van der Waals surface area contributed by atoms with Gasteiger partial charge in [0.1, 0.15) is 5.75 Å². The summed E-state index contributed by atoms with van der Waals surface area (Å²) in [7, 11) is 0. The summed E-state index contributed by atoms with van der Waals surface area (Å²) < 4.78 is 64.2. The molecule has 0 aliphatic carbocycles. The third kappa shape index (κ3) is 7.98. The third-order valence-electron chi connectivity index (χ3n) is 5.61. The Morgan fingerprint density at radius 2 is 1.70 bits per heavy atom. The summed E-state index contributed by atoms with van der Waals surface area (Å²) in [5.41, 5.74) is 0.0634. The molecule has 1 heterocycles. The van der Waals surface area contributed by atoms with E-state index in [-0.39, 0.29) is 23.1 Å². The van der Waals surface area contributed by atoms with Crippen LogP contribution in [0.15, 0.2) is 68.6 Å². The molecule has 3 rings (SSSR count). The first-order valence-electron chi connectivity index (χ1n) is 12.3. The molecule has 0 saturated heterocycles. The average Bonchev–Trinajstić information content (AvgIpc) is 2.87. The van der Waals surface area contributed by atoms with Gasteiger partial charge in [0.25, 0.3) is 0 Å². The number of rotatable bonds is 10. The van der Waals surface area contributed by atoms with Crippen LogP contribution >= 0.6 is 31.9 Å². The average molecular weight is 687 g/mol. The van der Waals surface area contributed by atoms with Gasteiger partial charge in [0, 0.05) is 33.4 Å². The van der Waals surface area contributed by atoms with Crippen LogP contribution in [0.4, 0.5) is 17.6 Å². The zero-order valence-electron chi connectivity index (χ0n) is 21.6. The molecule has 0 spiro atoms. The summed E-state index contributed by atoms with van der Waals surface area (Å²) >= 11 is 6.74. The monoisotopic (exact) mass is 685 g/mol. The third-order valence-corrected chi connectivity index (χ3v) is 6.76. The molecule has 0 amide bonds. The van der Waals surface area contributed by atoms with Crippen LogP contribution in [0.1, 0.15) is 46.0 Å². The molecular formula is C29H25Br2F4NO4. The summed E-state index contributed by atoms with van der Waals surface area (Å²) in [6, 6.07) is 9.84. The fraction of sp³-hybridized carbons (Fsp3) is 0.310. The minimum Gasteiger partial charge on any atom is -0.427 e. The zero-order chi connectivity index (χ0) is 29.5. The first-order valence-corrected chi connectivity index (χ1v) is 13.9. The van der Waals surface area contributed by atoms with Gasteiger partial charge in [-0.15, -0.1) is 0 Å². The molecule has 0 saturated carbocycles. The molecule has 0 aliphatic rings. The van der Waals surface area contributed by atoms with Gasteiger partial charge >= 0.3 is 18.0 Å². The Bertz CT molecular complexity index is 1500. The highest BCUT2D eigenvalue weighted by molar-refractivity contribution is 9.11. The van der Waals surface area contributed by atoms with Crippen LogP contribution in [0.5, 0.6) is 5.75 Å². The van der Waals surface area contributed by atoms with Crippen LogP contribution in [-0.4, -0.2) is 22.7 Å². The fourth-order valence-electron chi connectivity index (χ4n) is 3.69. The van der Waals surface area contributed by atoms with Crippen LogP contribution in [0.3, 0.4) is 0 Å². The first kappa shape index (κ1) is 31.4. The number of hydrogen-bond donors (Lipinski definition) is 0. The summed E-state index contributed by atoms with van der Waals surface area (Å²) in [4.78, 5) is 30.3. The quantitative estimate of drug-likeness (QED) is 0.122. The lowest BCUT2D eigenvalue weighted by molar-refractivity contribution is -0.284. The molecular weight excluding hydrogens is 662 g/mol. The Balaban J connectivity index is 1.98. The van der Waals surface area contributed by atoms with Crippen molar-refractivity contribution in [2.75, 3.05) is 0 Å². The summed E-state index contributed by atoms with van der Waals surface area (Å²) in [5.74, 6) is -2.57. The van der Waals surface area contributed by atoms with E-state index in [1.54, 1.807) is 18.2 Å². The van der Waals surface area contributed by atoms with E-state index < -0.39 is 29.2 Å². The SMILES string of the molecule is CCCCCCC#CC(F)(F)C(F)(F)Oc1cccc(-c2cn(OC(C)=O)cc(-c3ccc(Br)cc3Br)c2=O)c1. The van der Waals surface area contributed by atoms with E-state index in [0.717, 1.165) is 47.5 Å². The number of pyridine rings is 1. The van der Waals surface area contributed by atoms with E-state index in [4.69, 9.17) is 4.84 Å². The lowest BCUT2D eigenvalue weighted by Gasteiger charge is -2.23. The van der Waals surface area contributed by atoms with Crippen LogP contribution in [0.2, 0.25) is 0 Å². The molecule has 0 N–H and O–H groups in total. The van der Waals surface area contributed by atoms with Crippen molar-refractivity contribution in [1.29, 1.82) is 0 Å². The van der Waals surface area contributed by atoms with Crippen LogP contribution in [-0.2, 0) is 4.79 Å². The van der Waals surface area contributed by atoms with Crippen molar-refractivity contribution in [3.8, 4) is 39.8 Å². The standard InChI is InChI=1S/C29H25Br2F4NO4/c1-3-4-5-6-7-8-14-28(32,33)29(34,35)39-22-11-9-10-20(15-22)24-17-36(40-19(2)37)18-25(27(24)38)23-13-12-21(30)16-26(23)31/h9-13,15-18H,3-7H2,1-2H3. The predicted molar refractivity (Wildman–Crippen MR) is 151 cm³/mol. The Morgan fingerprint density at radius 1 is 0.975 bits per heavy atom. The highest BCUT2D eigenvalue weighted by Gasteiger charge is 2.58. The van der Waals surface area contributed by atoms with Crippen molar-refractivity contribution in [3.05, 3.63) is 74.0 Å². The van der Waals surface area contributed by atoms with Gasteiger partial charge in [0.2, 0.25) is 0 Å². The molecule has 0 bridgehead atoms. The number of halogens is 6. The summed E-state index contributed by atoms with van der Waals surface area (Å²) in [6.45, 7) is 3.15. The van der Waals surface area contributed by atoms with E-state index in [1.165, 1.54) is 30.4 Å². The highest BCUT2D eigenvalue weighted by Crippen LogP contribution is 2.37. The van der Waals surface area contributed by atoms with Gasteiger partial charge < -0.3 is 9.57 Å². The van der Waals surface area contributed by atoms with E-state index in [0.29, 0.717) is 16.5 Å². The first-order chi connectivity index (χ1) is 18.8. The number of carbonyl (C=O) groups is 1. The molecule has 1 aromatic heterocycles. The lowest BCUT2D eigenvalue weighted by atomic mass is 10.0. The minimum atomic E-state index is -4.94. The van der Waals surface area contributed by atoms with Crippen molar-refractivity contribution < 1.29 is 31.9 Å². The molecule has 0 atom stereocenters. The second-order valence-electron chi connectivity index (χ2n) is 8.82. The largest absolute Gasteiger partial charge is 0.477 e. The summed E-state index contributed by atoms with van der Waals surface area (Å²) in [5, 5.41) is 0. The normalized spacial score (nSPS) is 11.5. The minimum absolute atomic E-state index is 0.0547. The second kappa shape index (κ2) is 13.5. The number of benzene rings is 2. The molecule has 0 aliphatic heterocycles. The maximum Gasteiger partial charge on any atom is 0.477 e. The van der Waals surface area contributed by atoms with E-state index >= 15 is 0 Å². The number of unbranched alkanes of at least 4 members (excludes halogenated alkanes) is 4. The molecule has 0 fully saturated rings. The number of aromatic nitrogens is 1. The van der Waals surface area contributed by atoms with E-state index in [2.05, 4.69) is 42.5 Å². The van der Waals surface area contributed by atoms with Gasteiger partial charge in [0.15, 0.2) is 5.43 Å². The van der Waals surface area contributed by atoms with Crippen molar-refractivity contribution in [3.63, 3.8) is 0 Å². The Hall–Kier alpha value is -3.10. The lowest BCUT2D eigenvalue weighted by Crippen LogP contribution is -2.44. The number of hydrogen-bond acceptors (Lipinski definition) is 4. The number of alkyl halides is 4. The van der Waals surface area contributed by atoms with Crippen molar-refractivity contribution in [2.45, 2.75) is 58.0 Å². The second-order valence-corrected chi connectivity index (χ2v) is 10.6. The smallest absolute Gasteiger partial charge is 0.427 e. The fourth-order valence-corrected chi connectivity index (χ4v) is 4.95. The molecule has 5 nitrogen and oxygen atoms in total. The van der Waals surface area contributed by atoms with Gasteiger partial charge in [0.05, 0.1) is 18.0 Å². The van der Waals surface area contributed by atoms with Crippen molar-refractivity contribution >= 4 is 37.8 Å². The van der Waals surface area contributed by atoms with E-state index in [1.807, 2.05) is 6.92 Å². The summed E-state index contributed by atoms with van der Waals surface area (Å²) in [6.07, 6.45) is 0.778. The maximum absolute atomic E-state index is 14.5. The Labute approximate surface area is 245 Å². The van der Waals surface area contributed by atoms with Crippen LogP contribution in [0, 0.1) is 11.8 Å². The zero-order valence-corrected chi connectivity index (χ0v) is 24.8. The van der Waals surface area contributed by atoms with Crippen molar-refractivity contribution in [1.82, 2.24) is 4.73 Å². The van der Waals surface area contributed by atoms with Crippen LogP contribution in [0.25, 0.3) is 22.3 Å². The molecule has 0 unspecified atom stereocenters. The highest BCUT2D eigenvalue weighted by atomic mass is 79.9. The van der Waals surface area contributed by atoms with Gasteiger partial charge in [-0.2, -0.15) is 22.3 Å². The molecule has 0 radical (unpaired) electrons. The number of carbonyl (C=O) groups excluding carboxylic acids is 1. The Kier molecular flexibility index (Phi) is 10.6. The Morgan fingerprint density at radius 3 is 2.38 bits per heavy atom. The van der Waals surface area contributed by atoms with Gasteiger partial charge in [-0.1, -0.05) is 82.2 Å². The van der Waals surface area contributed by atoms with Gasteiger partial charge in [-0.3, -0.25) is 4.79 Å². The molecule has 3 aromatic rings. The van der Waals surface area contributed by atoms with Crippen molar-refractivity contribution in [2.24, 2.45) is 0 Å². The van der Waals surface area contributed by atoms with Crippen LogP contribution < -0.4 is 15.0 Å². The number of nitrogens with zero attached hydrogens (tertiary/aromatic N) is 1. The topological polar surface area (TPSA) is 57.5 Å². The maximum atomic E-state index is 14.5. The predicted octanol–water partition coefficient (Wildman–Crippen LogP) is 8.26. The molecule has 40 heavy (non-hydrogen) atoms. The number of ether oxygens (including phenoxy) is 1. The molecule has 212 valence electrons. The molecule has 2 aromatic carbocycles.